The summed E-state index contributed by atoms with van der Waals surface area (Å²) < 4.78 is 12.8. The second-order valence-corrected chi connectivity index (χ2v) is 5.70. The summed E-state index contributed by atoms with van der Waals surface area (Å²) in [6.07, 6.45) is 1.96. The SMILES string of the molecule is COc1cc2cc[n+]3c4ccc([N+](=O)[O-])cc4ccc3c2cc1OC.[Cl-]. The lowest BCUT2D eigenvalue weighted by Gasteiger charge is -2.09. The first kappa shape index (κ1) is 17.7. The highest BCUT2D eigenvalue weighted by Crippen LogP contribution is 2.33. The minimum atomic E-state index is -0.383. The molecule has 0 bridgehead atoms. The van der Waals surface area contributed by atoms with Crippen LogP contribution in [0.4, 0.5) is 5.69 Å². The molecule has 2 heterocycles. The first-order chi connectivity index (χ1) is 12.1. The molecule has 0 aliphatic carbocycles. The number of nitro groups is 1. The highest BCUT2D eigenvalue weighted by atomic mass is 35.5. The lowest BCUT2D eigenvalue weighted by molar-refractivity contribution is -0.480. The number of rotatable bonds is 3. The first-order valence-corrected chi connectivity index (χ1v) is 7.69. The zero-order valence-electron chi connectivity index (χ0n) is 14.1. The van der Waals surface area contributed by atoms with Crippen LogP contribution in [0.15, 0.2) is 54.7 Å². The van der Waals surface area contributed by atoms with Gasteiger partial charge in [-0.05, 0) is 23.6 Å². The Bertz CT molecular complexity index is 1160. The van der Waals surface area contributed by atoms with Crippen molar-refractivity contribution in [2.75, 3.05) is 14.2 Å². The van der Waals surface area contributed by atoms with Crippen LogP contribution in [0.3, 0.4) is 0 Å². The Morgan fingerprint density at radius 3 is 2.27 bits per heavy atom. The first-order valence-electron chi connectivity index (χ1n) is 7.69. The van der Waals surface area contributed by atoms with E-state index >= 15 is 0 Å². The van der Waals surface area contributed by atoms with Crippen molar-refractivity contribution in [2.24, 2.45) is 0 Å². The summed E-state index contributed by atoms with van der Waals surface area (Å²) in [5.41, 5.74) is 1.97. The standard InChI is InChI=1S/C19H15N2O4.ClH/c1-24-18-10-12-7-8-20-16-6-4-14(21(22)23)9-13(16)3-5-17(20)15(12)11-19(18)25-2;/h3-11H,1-2H3;1H/q+1;/p-1. The van der Waals surface area contributed by atoms with E-state index in [-0.39, 0.29) is 23.0 Å². The lowest BCUT2D eigenvalue weighted by Crippen LogP contribution is -3.00. The third-order valence-electron chi connectivity index (χ3n) is 4.40. The van der Waals surface area contributed by atoms with Crippen LogP contribution in [0.5, 0.6) is 11.5 Å². The summed E-state index contributed by atoms with van der Waals surface area (Å²) in [5.74, 6) is 1.34. The number of hydrogen-bond acceptors (Lipinski definition) is 4. The molecular formula is C19H15ClN2O4. The molecule has 0 amide bonds. The van der Waals surface area contributed by atoms with Crippen LogP contribution in [0, 0.1) is 10.1 Å². The van der Waals surface area contributed by atoms with Crippen LogP contribution < -0.4 is 26.3 Å². The largest absolute Gasteiger partial charge is 1.00 e. The van der Waals surface area contributed by atoms with Crippen molar-refractivity contribution in [3.05, 3.63) is 64.8 Å². The number of aromatic nitrogens is 1. The zero-order valence-corrected chi connectivity index (χ0v) is 14.9. The van der Waals surface area contributed by atoms with Crippen molar-refractivity contribution in [2.45, 2.75) is 0 Å². The number of pyridine rings is 2. The van der Waals surface area contributed by atoms with Crippen molar-refractivity contribution in [3.8, 4) is 11.5 Å². The normalized spacial score (nSPS) is 10.7. The molecule has 0 saturated carbocycles. The molecule has 132 valence electrons. The summed E-state index contributed by atoms with van der Waals surface area (Å²) in [5, 5.41) is 13.8. The van der Waals surface area contributed by atoms with Gasteiger partial charge >= 0.3 is 0 Å². The van der Waals surface area contributed by atoms with Crippen molar-refractivity contribution >= 4 is 32.9 Å². The average Bonchev–Trinajstić information content (AvgIpc) is 2.65. The van der Waals surface area contributed by atoms with E-state index in [2.05, 4.69) is 0 Å². The van der Waals surface area contributed by atoms with Gasteiger partial charge in [0.05, 0.1) is 29.9 Å². The number of non-ortho nitro benzene ring substituents is 1. The maximum Gasteiger partial charge on any atom is 0.270 e. The molecule has 6 nitrogen and oxygen atoms in total. The molecule has 0 saturated heterocycles. The van der Waals surface area contributed by atoms with Gasteiger partial charge in [-0.3, -0.25) is 10.1 Å². The molecule has 0 spiro atoms. The molecule has 2 aromatic heterocycles. The van der Waals surface area contributed by atoms with E-state index in [0.29, 0.717) is 11.5 Å². The van der Waals surface area contributed by atoms with E-state index in [1.807, 2.05) is 40.9 Å². The number of fused-ring (bicyclic) bond motifs is 5. The zero-order chi connectivity index (χ0) is 17.6. The van der Waals surface area contributed by atoms with Gasteiger partial charge in [0.15, 0.2) is 17.7 Å². The lowest BCUT2D eigenvalue weighted by atomic mass is 10.1. The molecule has 0 radical (unpaired) electrons. The van der Waals surface area contributed by atoms with E-state index in [4.69, 9.17) is 9.47 Å². The Morgan fingerprint density at radius 2 is 1.58 bits per heavy atom. The third-order valence-corrected chi connectivity index (χ3v) is 4.40. The Balaban J connectivity index is 0.00000196. The molecule has 7 heteroatoms. The number of nitro benzene ring substituents is 1. The highest BCUT2D eigenvalue weighted by molar-refractivity contribution is 5.97. The molecule has 0 fully saturated rings. The van der Waals surface area contributed by atoms with Crippen LogP contribution in [-0.2, 0) is 0 Å². The predicted molar refractivity (Wildman–Crippen MR) is 94.4 cm³/mol. The van der Waals surface area contributed by atoms with Crippen LogP contribution >= 0.6 is 0 Å². The molecule has 0 aliphatic rings. The predicted octanol–water partition coefficient (Wildman–Crippen LogP) is 0.661. The number of nitrogens with zero attached hydrogens (tertiary/aromatic N) is 2. The van der Waals surface area contributed by atoms with Gasteiger partial charge in [0.2, 0.25) is 11.0 Å². The van der Waals surface area contributed by atoms with Gasteiger partial charge in [-0.1, -0.05) is 0 Å². The number of hydrogen-bond donors (Lipinski definition) is 0. The quantitative estimate of drug-likeness (QED) is 0.230. The second kappa shape index (κ2) is 6.65. The van der Waals surface area contributed by atoms with Crippen LogP contribution in [0.25, 0.3) is 27.2 Å². The minimum Gasteiger partial charge on any atom is -1.00 e. The fourth-order valence-electron chi connectivity index (χ4n) is 3.18. The molecule has 2 aromatic carbocycles. The maximum absolute atomic E-state index is 11.0. The summed E-state index contributed by atoms with van der Waals surface area (Å²) in [6.45, 7) is 0. The highest BCUT2D eigenvalue weighted by Gasteiger charge is 2.17. The number of benzene rings is 2. The maximum atomic E-state index is 11.0. The number of halogens is 1. The van der Waals surface area contributed by atoms with Crippen LogP contribution in [0.1, 0.15) is 0 Å². The molecule has 0 atom stereocenters. The van der Waals surface area contributed by atoms with Gasteiger partial charge in [0, 0.05) is 30.3 Å². The molecule has 0 aliphatic heterocycles. The molecule has 0 unspecified atom stereocenters. The third kappa shape index (κ3) is 2.64. The minimum absolute atomic E-state index is 0. The van der Waals surface area contributed by atoms with Crippen molar-refractivity contribution in [3.63, 3.8) is 0 Å². The van der Waals surface area contributed by atoms with Gasteiger partial charge in [0.1, 0.15) is 0 Å². The van der Waals surface area contributed by atoms with Crippen LogP contribution in [0.2, 0.25) is 0 Å². The Hall–Kier alpha value is -3.12. The molecular weight excluding hydrogens is 356 g/mol. The Labute approximate surface area is 155 Å². The second-order valence-electron chi connectivity index (χ2n) is 5.70. The van der Waals surface area contributed by atoms with E-state index in [0.717, 1.165) is 27.2 Å². The summed E-state index contributed by atoms with van der Waals surface area (Å²) >= 11 is 0. The van der Waals surface area contributed by atoms with Gasteiger partial charge in [0.25, 0.3) is 5.69 Å². The van der Waals surface area contributed by atoms with E-state index in [1.165, 1.54) is 6.07 Å². The summed E-state index contributed by atoms with van der Waals surface area (Å²) in [4.78, 5) is 10.6. The molecule has 4 rings (SSSR count). The van der Waals surface area contributed by atoms with E-state index < -0.39 is 0 Å². The Morgan fingerprint density at radius 1 is 0.885 bits per heavy atom. The fraction of sp³-hybridized carbons (Fsp3) is 0.105. The van der Waals surface area contributed by atoms with Crippen molar-refractivity contribution in [1.82, 2.24) is 0 Å². The fourth-order valence-corrected chi connectivity index (χ4v) is 3.18. The number of ether oxygens (including phenoxy) is 2. The van der Waals surface area contributed by atoms with Gasteiger partial charge < -0.3 is 21.9 Å². The van der Waals surface area contributed by atoms with Gasteiger partial charge in [-0.15, -0.1) is 0 Å². The van der Waals surface area contributed by atoms with E-state index in [1.54, 1.807) is 26.4 Å². The smallest absolute Gasteiger partial charge is 0.270 e. The van der Waals surface area contributed by atoms with Gasteiger partial charge in [-0.2, -0.15) is 4.40 Å². The molecule has 0 N–H and O–H groups in total. The molecule has 4 aromatic rings. The monoisotopic (exact) mass is 370 g/mol. The van der Waals surface area contributed by atoms with Gasteiger partial charge in [-0.25, -0.2) is 0 Å². The van der Waals surface area contributed by atoms with Crippen LogP contribution in [-0.4, -0.2) is 19.1 Å². The Kier molecular flexibility index (Phi) is 4.52. The summed E-state index contributed by atoms with van der Waals surface area (Å²) in [7, 11) is 3.22. The van der Waals surface area contributed by atoms with E-state index in [9.17, 15) is 10.1 Å². The topological polar surface area (TPSA) is 65.7 Å². The molecule has 26 heavy (non-hydrogen) atoms. The summed E-state index contributed by atoms with van der Waals surface area (Å²) in [6, 6.07) is 14.6. The van der Waals surface area contributed by atoms with Crippen molar-refractivity contribution in [1.29, 1.82) is 0 Å². The average molecular weight is 371 g/mol. The van der Waals surface area contributed by atoms with Crippen molar-refractivity contribution < 1.29 is 31.2 Å². The number of methoxy groups -OCH3 is 2.